The van der Waals surface area contributed by atoms with Crippen LogP contribution in [0.1, 0.15) is 48.6 Å². The highest BCUT2D eigenvalue weighted by molar-refractivity contribution is 5.52. The van der Waals surface area contributed by atoms with Gasteiger partial charge in [-0.25, -0.2) is 0 Å². The van der Waals surface area contributed by atoms with E-state index in [0.29, 0.717) is 0 Å². The van der Waals surface area contributed by atoms with E-state index in [4.69, 9.17) is 0 Å². The fourth-order valence-corrected chi connectivity index (χ4v) is 2.34. The zero-order valence-corrected chi connectivity index (χ0v) is 10.0. The third kappa shape index (κ3) is 1.54. The standard InChI is InChI=1S/C13H21/c1-8-9(2)11(4)12(10(8)3)13(5,6)7/h1-7H3/q-1. The summed E-state index contributed by atoms with van der Waals surface area (Å²) < 4.78 is 0. The average Bonchev–Trinajstić information content (AvgIpc) is 2.14. The monoisotopic (exact) mass is 177 g/mol. The molecule has 0 aliphatic heterocycles. The first-order valence-electron chi connectivity index (χ1n) is 5.00. The Hall–Kier alpha value is -0.650. The van der Waals surface area contributed by atoms with Crippen molar-refractivity contribution in [3.8, 4) is 0 Å². The molecule has 1 rings (SSSR count). The third-order valence-electron chi connectivity index (χ3n) is 3.19. The Morgan fingerprint density at radius 1 is 0.923 bits per heavy atom. The minimum Gasteiger partial charge on any atom is -0.196 e. The molecular formula is C13H21-. The summed E-state index contributed by atoms with van der Waals surface area (Å²) in [6.45, 7) is 15.8. The van der Waals surface area contributed by atoms with Crippen LogP contribution in [0.2, 0.25) is 0 Å². The average molecular weight is 177 g/mol. The first-order valence-corrected chi connectivity index (χ1v) is 5.00. The van der Waals surface area contributed by atoms with Crippen molar-refractivity contribution in [1.82, 2.24) is 0 Å². The Labute approximate surface area is 82.3 Å². The van der Waals surface area contributed by atoms with Gasteiger partial charge in [0.25, 0.3) is 0 Å². The maximum Gasteiger partial charge on any atom is -0.0359 e. The predicted molar refractivity (Wildman–Crippen MR) is 59.7 cm³/mol. The van der Waals surface area contributed by atoms with E-state index in [9.17, 15) is 0 Å². The van der Waals surface area contributed by atoms with Gasteiger partial charge in [0.1, 0.15) is 0 Å². The van der Waals surface area contributed by atoms with Gasteiger partial charge in [-0.2, -0.15) is 27.8 Å². The number of hydrogen-bond donors (Lipinski definition) is 0. The zero-order chi connectivity index (χ0) is 10.4. The smallest absolute Gasteiger partial charge is 0.0359 e. The third-order valence-corrected chi connectivity index (χ3v) is 3.19. The molecule has 0 saturated carbocycles. The van der Waals surface area contributed by atoms with Gasteiger partial charge >= 0.3 is 0 Å². The Morgan fingerprint density at radius 3 is 1.54 bits per heavy atom. The van der Waals surface area contributed by atoms with Crippen molar-refractivity contribution in [3.05, 3.63) is 27.8 Å². The molecule has 0 unspecified atom stereocenters. The molecule has 74 valence electrons. The van der Waals surface area contributed by atoms with E-state index in [2.05, 4.69) is 48.5 Å². The molecule has 0 amide bonds. The Balaban J connectivity index is 3.47. The molecule has 0 atom stereocenters. The minimum atomic E-state index is 0.285. The lowest BCUT2D eigenvalue weighted by Crippen LogP contribution is -2.13. The minimum absolute atomic E-state index is 0.285. The lowest BCUT2D eigenvalue weighted by atomic mass is 9.84. The van der Waals surface area contributed by atoms with E-state index in [1.165, 1.54) is 22.3 Å². The van der Waals surface area contributed by atoms with Gasteiger partial charge in [0.2, 0.25) is 0 Å². The quantitative estimate of drug-likeness (QED) is 0.527. The lowest BCUT2D eigenvalue weighted by Gasteiger charge is -2.27. The Morgan fingerprint density at radius 2 is 1.38 bits per heavy atom. The molecule has 0 heterocycles. The van der Waals surface area contributed by atoms with E-state index < -0.39 is 0 Å². The van der Waals surface area contributed by atoms with E-state index in [0.717, 1.165) is 0 Å². The maximum absolute atomic E-state index is 2.29. The molecule has 13 heavy (non-hydrogen) atoms. The second kappa shape index (κ2) is 2.94. The molecule has 0 N–H and O–H groups in total. The van der Waals surface area contributed by atoms with E-state index in [-0.39, 0.29) is 5.41 Å². The fraction of sp³-hybridized carbons (Fsp3) is 0.615. The highest BCUT2D eigenvalue weighted by atomic mass is 14.3. The van der Waals surface area contributed by atoms with Crippen LogP contribution in [0.5, 0.6) is 0 Å². The van der Waals surface area contributed by atoms with Crippen molar-refractivity contribution < 1.29 is 0 Å². The van der Waals surface area contributed by atoms with Gasteiger partial charge in [0, 0.05) is 0 Å². The topological polar surface area (TPSA) is 0 Å². The molecule has 0 nitrogen and oxygen atoms in total. The van der Waals surface area contributed by atoms with Crippen LogP contribution < -0.4 is 0 Å². The van der Waals surface area contributed by atoms with Crippen LogP contribution in [0, 0.1) is 27.7 Å². The molecule has 1 aromatic rings. The van der Waals surface area contributed by atoms with E-state index in [1.54, 1.807) is 5.56 Å². The van der Waals surface area contributed by atoms with Gasteiger partial charge in [-0.1, -0.05) is 48.5 Å². The van der Waals surface area contributed by atoms with E-state index in [1.807, 2.05) is 0 Å². The zero-order valence-electron chi connectivity index (χ0n) is 10.0. The highest BCUT2D eigenvalue weighted by Crippen LogP contribution is 2.35. The highest BCUT2D eigenvalue weighted by Gasteiger charge is 2.15. The molecule has 0 bridgehead atoms. The first kappa shape index (κ1) is 10.4. The Kier molecular flexibility index (Phi) is 2.36. The van der Waals surface area contributed by atoms with Crippen LogP contribution in [0.15, 0.2) is 0 Å². The van der Waals surface area contributed by atoms with Crippen LogP contribution in [-0.2, 0) is 5.41 Å². The summed E-state index contributed by atoms with van der Waals surface area (Å²) in [5.74, 6) is 0. The van der Waals surface area contributed by atoms with Gasteiger partial charge < -0.3 is 0 Å². The molecule has 0 aliphatic carbocycles. The maximum atomic E-state index is 2.29. The largest absolute Gasteiger partial charge is 0.196 e. The summed E-state index contributed by atoms with van der Waals surface area (Å²) in [6, 6.07) is 0. The summed E-state index contributed by atoms with van der Waals surface area (Å²) in [5.41, 5.74) is 7.75. The van der Waals surface area contributed by atoms with Crippen LogP contribution in [0.3, 0.4) is 0 Å². The summed E-state index contributed by atoms with van der Waals surface area (Å²) in [6.07, 6.45) is 0. The Bertz CT molecular complexity index is 293. The number of rotatable bonds is 0. The molecule has 1 aromatic carbocycles. The summed E-state index contributed by atoms with van der Waals surface area (Å²) in [4.78, 5) is 0. The molecule has 0 fully saturated rings. The van der Waals surface area contributed by atoms with Gasteiger partial charge in [-0.3, -0.25) is 0 Å². The van der Waals surface area contributed by atoms with Gasteiger partial charge in [0.15, 0.2) is 0 Å². The van der Waals surface area contributed by atoms with Crippen LogP contribution in [-0.4, -0.2) is 0 Å². The second-order valence-electron chi connectivity index (χ2n) is 5.12. The summed E-state index contributed by atoms with van der Waals surface area (Å²) in [7, 11) is 0. The number of hydrogen-bond acceptors (Lipinski definition) is 0. The van der Waals surface area contributed by atoms with Gasteiger partial charge in [0.05, 0.1) is 0 Å². The normalized spacial score (nSPS) is 12.2. The van der Waals surface area contributed by atoms with Crippen LogP contribution in [0.4, 0.5) is 0 Å². The van der Waals surface area contributed by atoms with Crippen molar-refractivity contribution in [3.63, 3.8) is 0 Å². The summed E-state index contributed by atoms with van der Waals surface area (Å²) in [5, 5.41) is 0. The second-order valence-corrected chi connectivity index (χ2v) is 5.12. The first-order chi connectivity index (χ1) is 5.76. The van der Waals surface area contributed by atoms with Crippen LogP contribution >= 0.6 is 0 Å². The fourth-order valence-electron chi connectivity index (χ4n) is 2.34. The molecule has 0 radical (unpaired) electrons. The van der Waals surface area contributed by atoms with Crippen molar-refractivity contribution >= 4 is 0 Å². The molecule has 0 spiro atoms. The van der Waals surface area contributed by atoms with Gasteiger partial charge in [-0.15, -0.1) is 0 Å². The van der Waals surface area contributed by atoms with Crippen molar-refractivity contribution in [2.45, 2.75) is 53.9 Å². The van der Waals surface area contributed by atoms with Crippen LogP contribution in [0.25, 0.3) is 0 Å². The molecular weight excluding hydrogens is 156 g/mol. The molecule has 0 aliphatic rings. The predicted octanol–water partition coefficient (Wildman–Crippen LogP) is 3.94. The molecule has 0 saturated heterocycles. The lowest BCUT2D eigenvalue weighted by molar-refractivity contribution is 0.584. The van der Waals surface area contributed by atoms with Crippen molar-refractivity contribution in [2.24, 2.45) is 0 Å². The molecule has 0 heteroatoms. The SMILES string of the molecule is Cc1c(C)c(C(C)(C)C)[c-](C)c1C. The van der Waals surface area contributed by atoms with Crippen molar-refractivity contribution in [2.75, 3.05) is 0 Å². The summed E-state index contributed by atoms with van der Waals surface area (Å²) >= 11 is 0. The van der Waals surface area contributed by atoms with E-state index >= 15 is 0 Å². The molecule has 0 aromatic heterocycles. The van der Waals surface area contributed by atoms with Crippen molar-refractivity contribution in [1.29, 1.82) is 0 Å². The van der Waals surface area contributed by atoms with Gasteiger partial charge in [-0.05, 0) is 5.41 Å².